The highest BCUT2D eigenvalue weighted by molar-refractivity contribution is 6.42. The monoisotopic (exact) mass is 387 g/mol. The van der Waals surface area contributed by atoms with Crippen molar-refractivity contribution in [2.45, 2.75) is 0 Å². The van der Waals surface area contributed by atoms with Gasteiger partial charge in [-0.25, -0.2) is 5.43 Å². The minimum Gasteiger partial charge on any atom is -0.507 e. The number of phenols is 1. The van der Waals surface area contributed by atoms with Crippen LogP contribution in [0.15, 0.2) is 59.7 Å². The van der Waals surface area contributed by atoms with Crippen molar-refractivity contribution < 1.29 is 9.90 Å². The minimum absolute atomic E-state index is 0.0107. The Morgan fingerprint density at radius 2 is 1.88 bits per heavy atom. The van der Waals surface area contributed by atoms with Crippen LogP contribution in [0.4, 0.5) is 5.69 Å². The highest BCUT2D eigenvalue weighted by atomic mass is 35.5. The van der Waals surface area contributed by atoms with Gasteiger partial charge in [-0.05, 0) is 35.0 Å². The lowest BCUT2D eigenvalue weighted by molar-refractivity contribution is -0.119. The van der Waals surface area contributed by atoms with Crippen molar-refractivity contribution in [1.82, 2.24) is 5.43 Å². The predicted octanol–water partition coefficient (Wildman–Crippen LogP) is 4.41. The lowest BCUT2D eigenvalue weighted by atomic mass is 10.0. The van der Waals surface area contributed by atoms with E-state index in [0.29, 0.717) is 21.3 Å². The summed E-state index contributed by atoms with van der Waals surface area (Å²) in [6.45, 7) is 0.0107. The molecule has 0 aromatic heterocycles. The van der Waals surface area contributed by atoms with Crippen molar-refractivity contribution in [1.29, 1.82) is 0 Å². The number of benzene rings is 3. The van der Waals surface area contributed by atoms with Gasteiger partial charge in [-0.3, -0.25) is 4.79 Å². The maximum Gasteiger partial charge on any atom is 0.259 e. The number of anilines is 1. The molecule has 5 nitrogen and oxygen atoms in total. The van der Waals surface area contributed by atoms with Gasteiger partial charge in [0.1, 0.15) is 5.75 Å². The first-order chi connectivity index (χ1) is 12.5. The second-order valence-electron chi connectivity index (χ2n) is 5.50. The molecule has 0 bridgehead atoms. The molecule has 0 spiro atoms. The molecule has 0 heterocycles. The van der Waals surface area contributed by atoms with Gasteiger partial charge >= 0.3 is 0 Å². The third-order valence-electron chi connectivity index (χ3n) is 3.70. The molecule has 0 aliphatic rings. The van der Waals surface area contributed by atoms with Gasteiger partial charge in [0, 0.05) is 11.3 Å². The van der Waals surface area contributed by atoms with Gasteiger partial charge in [0.05, 0.1) is 22.8 Å². The number of aromatic hydroxyl groups is 1. The van der Waals surface area contributed by atoms with Crippen LogP contribution in [0.3, 0.4) is 0 Å². The molecule has 0 unspecified atom stereocenters. The summed E-state index contributed by atoms with van der Waals surface area (Å²) in [7, 11) is 0. The van der Waals surface area contributed by atoms with E-state index in [9.17, 15) is 9.90 Å². The maximum absolute atomic E-state index is 11.9. The molecule has 132 valence electrons. The highest BCUT2D eigenvalue weighted by Gasteiger charge is 2.05. The van der Waals surface area contributed by atoms with Crippen molar-refractivity contribution in [3.63, 3.8) is 0 Å². The number of hydrogen-bond donors (Lipinski definition) is 3. The van der Waals surface area contributed by atoms with Crippen LogP contribution in [0.5, 0.6) is 5.75 Å². The summed E-state index contributed by atoms with van der Waals surface area (Å²) in [5, 5.41) is 19.6. The number of hydrazone groups is 1. The lowest BCUT2D eigenvalue weighted by Crippen LogP contribution is -2.25. The number of nitrogens with one attached hydrogen (secondary N) is 2. The molecule has 1 amide bonds. The summed E-state index contributed by atoms with van der Waals surface area (Å²) in [5.41, 5.74) is 3.63. The SMILES string of the molecule is O=C(CNc1ccc(Cl)c(Cl)c1)N/N=C\c1c(O)ccc2ccccc12. The van der Waals surface area contributed by atoms with Crippen LogP contribution in [0.2, 0.25) is 10.0 Å². The largest absolute Gasteiger partial charge is 0.507 e. The number of nitrogens with zero attached hydrogens (tertiary/aromatic N) is 1. The predicted molar refractivity (Wildman–Crippen MR) is 106 cm³/mol. The van der Waals surface area contributed by atoms with E-state index >= 15 is 0 Å². The van der Waals surface area contributed by atoms with Crippen LogP contribution in [-0.2, 0) is 4.79 Å². The number of hydrogen-bond acceptors (Lipinski definition) is 4. The van der Waals surface area contributed by atoms with Crippen LogP contribution < -0.4 is 10.7 Å². The van der Waals surface area contributed by atoms with E-state index in [-0.39, 0.29) is 18.2 Å². The molecule has 0 fully saturated rings. The third kappa shape index (κ3) is 4.25. The van der Waals surface area contributed by atoms with Gasteiger partial charge in [0.15, 0.2) is 0 Å². The number of rotatable bonds is 5. The third-order valence-corrected chi connectivity index (χ3v) is 4.44. The second kappa shape index (κ2) is 8.08. The Bertz CT molecular complexity index is 990. The van der Waals surface area contributed by atoms with E-state index < -0.39 is 0 Å². The number of phenolic OH excluding ortho intramolecular Hbond substituents is 1. The van der Waals surface area contributed by atoms with Gasteiger partial charge in [0.2, 0.25) is 0 Å². The molecule has 0 saturated carbocycles. The molecular formula is C19H15Cl2N3O2. The number of carbonyl (C=O) groups is 1. The van der Waals surface area contributed by atoms with E-state index in [0.717, 1.165) is 10.8 Å². The van der Waals surface area contributed by atoms with Crippen molar-refractivity contribution in [2.75, 3.05) is 11.9 Å². The van der Waals surface area contributed by atoms with Gasteiger partial charge in [-0.2, -0.15) is 5.10 Å². The van der Waals surface area contributed by atoms with E-state index in [1.807, 2.05) is 30.3 Å². The summed E-state index contributed by atoms with van der Waals surface area (Å²) >= 11 is 11.8. The van der Waals surface area contributed by atoms with Crippen LogP contribution >= 0.6 is 23.2 Å². The topological polar surface area (TPSA) is 73.7 Å². The lowest BCUT2D eigenvalue weighted by Gasteiger charge is -2.07. The Hall–Kier alpha value is -2.76. The number of carbonyl (C=O) groups excluding carboxylic acids is 1. The molecule has 0 saturated heterocycles. The second-order valence-corrected chi connectivity index (χ2v) is 6.31. The first-order valence-corrected chi connectivity index (χ1v) is 8.52. The molecule has 0 atom stereocenters. The van der Waals surface area contributed by atoms with Crippen LogP contribution in [0.1, 0.15) is 5.56 Å². The number of amides is 1. The summed E-state index contributed by atoms with van der Waals surface area (Å²) in [6, 6.07) is 16.0. The normalized spacial score (nSPS) is 11.0. The fraction of sp³-hybridized carbons (Fsp3) is 0.0526. The fourth-order valence-corrected chi connectivity index (χ4v) is 2.71. The summed E-state index contributed by atoms with van der Waals surface area (Å²) < 4.78 is 0. The van der Waals surface area contributed by atoms with Crippen molar-refractivity contribution in [3.05, 3.63) is 70.2 Å². The first-order valence-electron chi connectivity index (χ1n) is 7.76. The van der Waals surface area contributed by atoms with Crippen molar-refractivity contribution >= 4 is 51.8 Å². The first kappa shape index (κ1) is 18.0. The van der Waals surface area contributed by atoms with Crippen LogP contribution in [0, 0.1) is 0 Å². The molecule has 3 N–H and O–H groups in total. The molecule has 0 aliphatic carbocycles. The van der Waals surface area contributed by atoms with Crippen molar-refractivity contribution in [3.8, 4) is 5.75 Å². The quantitative estimate of drug-likeness (QED) is 0.448. The maximum atomic E-state index is 11.9. The Labute approximate surface area is 160 Å². The Morgan fingerprint density at radius 1 is 1.08 bits per heavy atom. The van der Waals surface area contributed by atoms with Crippen LogP contribution in [0.25, 0.3) is 10.8 Å². The van der Waals surface area contributed by atoms with E-state index in [1.54, 1.807) is 24.3 Å². The zero-order valence-corrected chi connectivity index (χ0v) is 15.1. The molecule has 3 aromatic rings. The van der Waals surface area contributed by atoms with Gasteiger partial charge < -0.3 is 10.4 Å². The van der Waals surface area contributed by atoms with Gasteiger partial charge in [-0.15, -0.1) is 0 Å². The standard InChI is InChI=1S/C19H15Cl2N3O2/c20-16-7-6-13(9-17(16)21)22-11-19(26)24-23-10-15-14-4-2-1-3-12(14)5-8-18(15)25/h1-10,22,25H,11H2,(H,24,26)/b23-10-. The van der Waals surface area contributed by atoms with E-state index in [4.69, 9.17) is 23.2 Å². The highest BCUT2D eigenvalue weighted by Crippen LogP contribution is 2.26. The summed E-state index contributed by atoms with van der Waals surface area (Å²) in [4.78, 5) is 11.9. The molecule has 0 aliphatic heterocycles. The smallest absolute Gasteiger partial charge is 0.259 e. The summed E-state index contributed by atoms with van der Waals surface area (Å²) in [5.74, 6) is -0.248. The summed E-state index contributed by atoms with van der Waals surface area (Å²) in [6.07, 6.45) is 1.43. The average Bonchev–Trinajstić information content (AvgIpc) is 2.64. The van der Waals surface area contributed by atoms with Gasteiger partial charge in [-0.1, -0.05) is 53.5 Å². The molecule has 3 rings (SSSR count). The Morgan fingerprint density at radius 3 is 2.69 bits per heavy atom. The molecule has 3 aromatic carbocycles. The number of halogens is 2. The van der Waals surface area contributed by atoms with Crippen LogP contribution in [-0.4, -0.2) is 23.8 Å². The van der Waals surface area contributed by atoms with Gasteiger partial charge in [0.25, 0.3) is 5.91 Å². The Kier molecular flexibility index (Phi) is 5.61. The average molecular weight is 388 g/mol. The Balaban J connectivity index is 1.62. The van der Waals surface area contributed by atoms with E-state index in [2.05, 4.69) is 15.8 Å². The minimum atomic E-state index is -0.341. The molecular weight excluding hydrogens is 373 g/mol. The molecule has 0 radical (unpaired) electrons. The van der Waals surface area contributed by atoms with Crippen molar-refractivity contribution in [2.24, 2.45) is 5.10 Å². The number of fused-ring (bicyclic) bond motifs is 1. The zero-order chi connectivity index (χ0) is 18.5. The fourth-order valence-electron chi connectivity index (χ4n) is 2.42. The molecule has 7 heteroatoms. The zero-order valence-electron chi connectivity index (χ0n) is 13.5. The van der Waals surface area contributed by atoms with E-state index in [1.165, 1.54) is 6.21 Å². The molecule has 26 heavy (non-hydrogen) atoms.